The van der Waals surface area contributed by atoms with Crippen molar-refractivity contribution in [2.75, 3.05) is 0 Å². The van der Waals surface area contributed by atoms with Crippen molar-refractivity contribution in [3.05, 3.63) is 43.9 Å². The largest absolute Gasteiger partial charge is 0.145 e. The van der Waals surface area contributed by atoms with Gasteiger partial charge in [-0.2, -0.15) is 0 Å². The highest BCUT2D eigenvalue weighted by Gasteiger charge is 2.16. The first-order valence-corrected chi connectivity index (χ1v) is 8.72. The van der Waals surface area contributed by atoms with Gasteiger partial charge in [0.1, 0.15) is 3.14 Å². The summed E-state index contributed by atoms with van der Waals surface area (Å²) in [7, 11) is 0. The lowest BCUT2D eigenvalue weighted by atomic mass is 10.1. The van der Waals surface area contributed by atoms with Crippen LogP contribution in [0.5, 0.6) is 0 Å². The van der Waals surface area contributed by atoms with Gasteiger partial charge in [-0.25, -0.2) is 0 Å². The van der Waals surface area contributed by atoms with Crippen LogP contribution in [0.3, 0.4) is 0 Å². The molecule has 17 heavy (non-hydrogen) atoms. The number of rotatable bonds is 1. The van der Waals surface area contributed by atoms with E-state index in [9.17, 15) is 0 Å². The van der Waals surface area contributed by atoms with Crippen molar-refractivity contribution >= 4 is 63.3 Å². The molecule has 0 amide bonds. The summed E-state index contributed by atoms with van der Waals surface area (Å²) < 4.78 is 3.72. The average Bonchev–Trinajstić information content (AvgIpc) is 2.69. The third-order valence-electron chi connectivity index (χ3n) is 2.33. The molecule has 1 aromatic carbocycles. The van der Waals surface area contributed by atoms with Crippen molar-refractivity contribution < 1.29 is 0 Å². The Morgan fingerprint density at radius 3 is 2.47 bits per heavy atom. The summed E-state index contributed by atoms with van der Waals surface area (Å²) in [6, 6.07) is 8.69. The van der Waals surface area contributed by atoms with Gasteiger partial charge in [-0.1, -0.05) is 65.6 Å². The molecule has 2 heterocycles. The Morgan fingerprint density at radius 2 is 1.71 bits per heavy atom. The smallest absolute Gasteiger partial charge is 0.105 e. The molecule has 86 valence electrons. The van der Waals surface area contributed by atoms with Crippen LogP contribution in [-0.4, -0.2) is 0 Å². The Bertz CT molecular complexity index is 630. The van der Waals surface area contributed by atoms with Gasteiger partial charge in [-0.3, -0.25) is 0 Å². The second kappa shape index (κ2) is 4.90. The van der Waals surface area contributed by atoms with Crippen molar-refractivity contribution in [1.82, 2.24) is 0 Å². The lowest BCUT2D eigenvalue weighted by molar-refractivity contribution is 1.46. The molecule has 5 heteroatoms. The molecule has 0 radical (unpaired) electrons. The Hall–Kier alpha value is -0.0700. The first kappa shape index (κ1) is 12.0. The van der Waals surface area contributed by atoms with E-state index in [0.29, 0.717) is 0 Å². The van der Waals surface area contributed by atoms with Crippen molar-refractivity contribution in [1.29, 1.82) is 0 Å². The highest BCUT2D eigenvalue weighted by Crippen LogP contribution is 2.51. The third kappa shape index (κ3) is 2.53. The fourth-order valence-electron chi connectivity index (χ4n) is 1.47. The standard InChI is InChI=1S/C12H8S5/c1-7-2-4-8(5-3-7)9-6-14-10-11(15-9)17-12(13)16-10/h2-6H,1H3. The number of hydrogen-bond donors (Lipinski definition) is 0. The molecule has 1 aliphatic rings. The Balaban J connectivity index is 1.94. The molecule has 1 aromatic heterocycles. The summed E-state index contributed by atoms with van der Waals surface area (Å²) in [5.41, 5.74) is 2.60. The summed E-state index contributed by atoms with van der Waals surface area (Å²) in [4.78, 5) is 1.33. The molecule has 0 spiro atoms. The SMILES string of the molecule is Cc1ccc(C2=CSc3sc(=S)sc3S2)cc1. The zero-order valence-corrected chi connectivity index (χ0v) is 13.0. The summed E-state index contributed by atoms with van der Waals surface area (Å²) >= 11 is 12.3. The van der Waals surface area contributed by atoms with E-state index in [-0.39, 0.29) is 0 Å². The average molecular weight is 313 g/mol. The Morgan fingerprint density at radius 1 is 1.00 bits per heavy atom. The summed E-state index contributed by atoms with van der Waals surface area (Å²) in [5, 5.41) is 2.23. The van der Waals surface area contributed by atoms with Gasteiger partial charge in [0.25, 0.3) is 0 Å². The Labute approximate surface area is 122 Å². The molecular weight excluding hydrogens is 304 g/mol. The Kier molecular flexibility index (Phi) is 3.45. The second-order valence-corrected chi connectivity index (χ2v) is 9.27. The number of thioether (sulfide) groups is 2. The van der Waals surface area contributed by atoms with Crippen LogP contribution >= 0.6 is 58.4 Å². The monoisotopic (exact) mass is 312 g/mol. The van der Waals surface area contributed by atoms with E-state index >= 15 is 0 Å². The van der Waals surface area contributed by atoms with Gasteiger partial charge in [0.2, 0.25) is 0 Å². The molecule has 0 atom stereocenters. The van der Waals surface area contributed by atoms with Gasteiger partial charge in [0, 0.05) is 4.91 Å². The predicted molar refractivity (Wildman–Crippen MR) is 83.9 cm³/mol. The maximum absolute atomic E-state index is 5.24. The van der Waals surface area contributed by atoms with Crippen LogP contribution < -0.4 is 0 Å². The molecule has 3 rings (SSSR count). The van der Waals surface area contributed by atoms with Gasteiger partial charge < -0.3 is 0 Å². The molecular formula is C12H8S5. The van der Waals surface area contributed by atoms with Crippen molar-refractivity contribution in [3.8, 4) is 0 Å². The molecule has 0 saturated carbocycles. The topological polar surface area (TPSA) is 0 Å². The predicted octanol–water partition coefficient (Wildman–Crippen LogP) is 6.04. The van der Waals surface area contributed by atoms with Crippen LogP contribution in [0.4, 0.5) is 0 Å². The molecule has 0 aliphatic carbocycles. The van der Waals surface area contributed by atoms with E-state index in [2.05, 4.69) is 36.6 Å². The third-order valence-corrected chi connectivity index (χ3v) is 7.88. The molecule has 0 bridgehead atoms. The van der Waals surface area contributed by atoms with Gasteiger partial charge in [-0.15, -0.1) is 22.7 Å². The highest BCUT2D eigenvalue weighted by atomic mass is 32.2. The number of aryl methyl sites for hydroxylation is 1. The van der Waals surface area contributed by atoms with Crippen LogP contribution in [0.2, 0.25) is 0 Å². The zero-order valence-electron chi connectivity index (χ0n) is 8.93. The second-order valence-electron chi connectivity index (χ2n) is 3.60. The maximum Gasteiger partial charge on any atom is 0.145 e. The van der Waals surface area contributed by atoms with Gasteiger partial charge in [-0.05, 0) is 17.9 Å². The van der Waals surface area contributed by atoms with E-state index in [0.717, 1.165) is 3.14 Å². The van der Waals surface area contributed by atoms with E-state index < -0.39 is 0 Å². The van der Waals surface area contributed by atoms with E-state index in [1.165, 1.54) is 24.5 Å². The highest BCUT2D eigenvalue weighted by molar-refractivity contribution is 8.15. The lowest BCUT2D eigenvalue weighted by Gasteiger charge is -2.11. The molecule has 2 aromatic rings. The normalized spacial score (nSPS) is 14.3. The van der Waals surface area contributed by atoms with Gasteiger partial charge in [0.05, 0.1) is 8.42 Å². The van der Waals surface area contributed by atoms with Crippen molar-refractivity contribution in [3.63, 3.8) is 0 Å². The van der Waals surface area contributed by atoms with Crippen LogP contribution in [0.25, 0.3) is 4.91 Å². The first-order valence-electron chi connectivity index (χ1n) is 4.98. The van der Waals surface area contributed by atoms with Crippen LogP contribution in [-0.2, 0) is 0 Å². The maximum atomic E-state index is 5.24. The van der Waals surface area contributed by atoms with Crippen LogP contribution in [0.15, 0.2) is 38.1 Å². The minimum absolute atomic E-state index is 1.02. The summed E-state index contributed by atoms with van der Waals surface area (Å²) in [6.45, 7) is 2.11. The van der Waals surface area contributed by atoms with E-state index in [1.54, 1.807) is 34.4 Å². The summed E-state index contributed by atoms with van der Waals surface area (Å²) in [5.74, 6) is 0. The van der Waals surface area contributed by atoms with E-state index in [1.807, 2.05) is 11.8 Å². The number of fused-ring (bicyclic) bond motifs is 1. The molecule has 0 fully saturated rings. The van der Waals surface area contributed by atoms with Gasteiger partial charge in [0.15, 0.2) is 0 Å². The first-order chi connectivity index (χ1) is 8.22. The van der Waals surface area contributed by atoms with Crippen molar-refractivity contribution in [2.24, 2.45) is 0 Å². The fraction of sp³-hybridized carbons (Fsp3) is 0.0833. The fourth-order valence-corrected chi connectivity index (χ4v) is 7.37. The minimum Gasteiger partial charge on any atom is -0.105 e. The van der Waals surface area contributed by atoms with Crippen LogP contribution in [0, 0.1) is 10.1 Å². The van der Waals surface area contributed by atoms with Crippen LogP contribution in [0.1, 0.15) is 11.1 Å². The number of benzene rings is 1. The molecule has 0 unspecified atom stereocenters. The summed E-state index contributed by atoms with van der Waals surface area (Å²) in [6.07, 6.45) is 0. The molecule has 0 saturated heterocycles. The van der Waals surface area contributed by atoms with Gasteiger partial charge >= 0.3 is 0 Å². The lowest BCUT2D eigenvalue weighted by Crippen LogP contribution is -1.83. The quantitative estimate of drug-likeness (QED) is 0.589. The minimum atomic E-state index is 1.02. The molecule has 0 N–H and O–H groups in total. The zero-order chi connectivity index (χ0) is 11.8. The van der Waals surface area contributed by atoms with E-state index in [4.69, 9.17) is 12.2 Å². The van der Waals surface area contributed by atoms with Crippen molar-refractivity contribution in [2.45, 2.75) is 15.3 Å². The molecule has 1 aliphatic heterocycles. The number of hydrogen-bond acceptors (Lipinski definition) is 5. The molecule has 0 nitrogen and oxygen atoms in total.